The van der Waals surface area contributed by atoms with E-state index in [0.29, 0.717) is 10.8 Å². The molecule has 0 saturated heterocycles. The summed E-state index contributed by atoms with van der Waals surface area (Å²) >= 11 is 6.24. The van der Waals surface area contributed by atoms with Crippen LogP contribution in [0.5, 0.6) is 11.5 Å². The van der Waals surface area contributed by atoms with Gasteiger partial charge in [0.05, 0.1) is 25.0 Å². The molecule has 0 bridgehead atoms. The molecule has 9 heteroatoms. The maximum absolute atomic E-state index is 8.36. The first-order valence-electron chi connectivity index (χ1n) is 8.81. The Morgan fingerprint density at radius 3 is 2.52 bits per heavy atom. The second-order valence-corrected chi connectivity index (χ2v) is 6.46. The second kappa shape index (κ2) is 11.6. The van der Waals surface area contributed by atoms with E-state index in [1.165, 1.54) is 5.56 Å². The number of hydrogen-bond donors (Lipinski definition) is 1. The van der Waals surface area contributed by atoms with Crippen LogP contribution in [0.4, 0.5) is 0 Å². The number of benzene rings is 2. The van der Waals surface area contributed by atoms with Crippen molar-refractivity contribution in [1.82, 2.24) is 9.55 Å². The van der Waals surface area contributed by atoms with Gasteiger partial charge in [-0.05, 0) is 42.7 Å². The number of aromatic nitrogens is 2. The molecule has 8 nitrogen and oxygen atoms in total. The molecule has 0 aliphatic rings. The van der Waals surface area contributed by atoms with Crippen molar-refractivity contribution in [3.8, 4) is 11.5 Å². The van der Waals surface area contributed by atoms with E-state index in [-0.39, 0.29) is 6.10 Å². The van der Waals surface area contributed by atoms with Gasteiger partial charge in [0.1, 0.15) is 17.6 Å². The largest absolute Gasteiger partial charge is 0.497 e. The number of ether oxygens (including phenoxy) is 2. The summed E-state index contributed by atoms with van der Waals surface area (Å²) in [6, 6.07) is 15.7. The predicted octanol–water partition coefficient (Wildman–Crippen LogP) is 4.28. The van der Waals surface area contributed by atoms with Crippen LogP contribution in [0.2, 0.25) is 5.02 Å². The Kier molecular flexibility index (Phi) is 8.78. The van der Waals surface area contributed by atoms with Gasteiger partial charge < -0.3 is 19.2 Å². The summed E-state index contributed by atoms with van der Waals surface area (Å²) in [5, 5.41) is 14.3. The lowest BCUT2D eigenvalue weighted by atomic mass is 10.1. The molecule has 1 unspecified atom stereocenters. The van der Waals surface area contributed by atoms with Gasteiger partial charge in [-0.1, -0.05) is 35.9 Å². The number of rotatable bonds is 8. The molecule has 1 heterocycles. The highest BCUT2D eigenvalue weighted by Crippen LogP contribution is 2.26. The number of methoxy groups -OCH3 is 1. The molecule has 0 saturated carbocycles. The van der Waals surface area contributed by atoms with Crippen LogP contribution in [-0.2, 0) is 13.0 Å². The van der Waals surface area contributed by atoms with E-state index in [4.69, 9.17) is 36.4 Å². The average molecular weight is 420 g/mol. The number of imidazole rings is 1. The molecule has 0 radical (unpaired) electrons. The number of aryl methyl sites for hydroxylation is 1. The van der Waals surface area contributed by atoms with Crippen LogP contribution < -0.4 is 9.47 Å². The van der Waals surface area contributed by atoms with Crippen LogP contribution in [0.15, 0.2) is 67.3 Å². The van der Waals surface area contributed by atoms with Gasteiger partial charge in [-0.3, -0.25) is 0 Å². The summed E-state index contributed by atoms with van der Waals surface area (Å²) in [6.07, 6.45) is 7.29. The van der Waals surface area contributed by atoms with Crippen molar-refractivity contribution in [3.63, 3.8) is 0 Å². The fourth-order valence-electron chi connectivity index (χ4n) is 2.66. The van der Waals surface area contributed by atoms with Crippen molar-refractivity contribution in [1.29, 1.82) is 0 Å². The number of halogens is 1. The van der Waals surface area contributed by atoms with E-state index in [1.54, 1.807) is 19.6 Å². The fourth-order valence-corrected chi connectivity index (χ4v) is 2.84. The standard InChI is InChI=1S/C20H21ClN2O2.HNO3/c1-24-17-9-6-16(7-10-17)8-11-18(14-23-13-12-22-15-23)25-20-5-3-2-4-19(20)21;2-1(3)4/h2-7,9-10,12-13,15,18H,8,11,14H2,1H3;(H,2,3,4). The highest BCUT2D eigenvalue weighted by atomic mass is 35.5. The van der Waals surface area contributed by atoms with Crippen LogP contribution in [-0.4, -0.2) is 33.1 Å². The van der Waals surface area contributed by atoms with Crippen LogP contribution in [0.25, 0.3) is 0 Å². The molecule has 154 valence electrons. The predicted molar refractivity (Wildman–Crippen MR) is 108 cm³/mol. The van der Waals surface area contributed by atoms with Gasteiger partial charge in [0, 0.05) is 12.4 Å². The Balaban J connectivity index is 0.000000687. The summed E-state index contributed by atoms with van der Waals surface area (Å²) in [5.74, 6) is 1.58. The van der Waals surface area contributed by atoms with Crippen molar-refractivity contribution in [2.24, 2.45) is 0 Å². The third-order valence-corrected chi connectivity index (χ3v) is 4.33. The number of hydrogen-bond acceptors (Lipinski definition) is 5. The van der Waals surface area contributed by atoms with E-state index in [2.05, 4.69) is 17.1 Å². The lowest BCUT2D eigenvalue weighted by Crippen LogP contribution is -2.23. The van der Waals surface area contributed by atoms with Crippen LogP contribution in [0, 0.1) is 10.1 Å². The number of para-hydroxylation sites is 1. The topological polar surface area (TPSA) is 99.7 Å². The summed E-state index contributed by atoms with van der Waals surface area (Å²) in [5.41, 5.74) is 1.25. The molecule has 1 aromatic heterocycles. The minimum atomic E-state index is -1.50. The van der Waals surface area contributed by atoms with Gasteiger partial charge in [-0.25, -0.2) is 4.98 Å². The third kappa shape index (κ3) is 8.10. The van der Waals surface area contributed by atoms with E-state index in [0.717, 1.165) is 25.1 Å². The Morgan fingerprint density at radius 1 is 1.24 bits per heavy atom. The van der Waals surface area contributed by atoms with Crippen molar-refractivity contribution in [2.75, 3.05) is 7.11 Å². The van der Waals surface area contributed by atoms with Gasteiger partial charge >= 0.3 is 0 Å². The molecule has 1 atom stereocenters. The zero-order valence-electron chi connectivity index (χ0n) is 15.8. The van der Waals surface area contributed by atoms with Crippen molar-refractivity contribution >= 4 is 11.6 Å². The molecule has 3 rings (SSSR count). The van der Waals surface area contributed by atoms with Gasteiger partial charge in [0.25, 0.3) is 5.09 Å². The summed E-state index contributed by atoms with van der Waals surface area (Å²) < 4.78 is 13.4. The zero-order chi connectivity index (χ0) is 21.1. The molecular formula is C20H22ClN3O5. The van der Waals surface area contributed by atoms with E-state index >= 15 is 0 Å². The summed E-state index contributed by atoms with van der Waals surface area (Å²) in [6.45, 7) is 0.724. The Morgan fingerprint density at radius 2 is 1.93 bits per heavy atom. The number of nitrogens with zero attached hydrogens (tertiary/aromatic N) is 3. The first-order valence-corrected chi connectivity index (χ1v) is 9.19. The zero-order valence-corrected chi connectivity index (χ0v) is 16.6. The van der Waals surface area contributed by atoms with Gasteiger partial charge in [-0.2, -0.15) is 0 Å². The highest BCUT2D eigenvalue weighted by molar-refractivity contribution is 6.32. The molecule has 2 aromatic carbocycles. The van der Waals surface area contributed by atoms with Gasteiger partial charge in [0.15, 0.2) is 0 Å². The normalized spacial score (nSPS) is 11.1. The van der Waals surface area contributed by atoms with Crippen molar-refractivity contribution in [3.05, 3.63) is 88.0 Å². The molecule has 0 amide bonds. The molecular weight excluding hydrogens is 398 g/mol. The minimum absolute atomic E-state index is 0.00352. The maximum atomic E-state index is 8.36. The molecule has 1 N–H and O–H groups in total. The molecule has 0 fully saturated rings. The average Bonchev–Trinajstić information content (AvgIpc) is 3.21. The second-order valence-electron chi connectivity index (χ2n) is 6.05. The molecule has 29 heavy (non-hydrogen) atoms. The highest BCUT2D eigenvalue weighted by Gasteiger charge is 2.14. The van der Waals surface area contributed by atoms with E-state index in [1.807, 2.05) is 47.2 Å². The van der Waals surface area contributed by atoms with E-state index in [9.17, 15) is 0 Å². The molecule has 0 spiro atoms. The SMILES string of the molecule is COc1ccc(CCC(Cn2ccnc2)Oc2ccccc2Cl)cc1.O=[N+]([O-])O. The van der Waals surface area contributed by atoms with Crippen LogP contribution in [0.1, 0.15) is 12.0 Å². The fraction of sp³-hybridized carbons (Fsp3) is 0.250. The lowest BCUT2D eigenvalue weighted by Gasteiger charge is -2.20. The summed E-state index contributed by atoms with van der Waals surface area (Å²) in [7, 11) is 1.67. The quantitative estimate of drug-likeness (QED) is 0.432. The Labute approximate surface area is 173 Å². The van der Waals surface area contributed by atoms with Gasteiger partial charge in [-0.15, -0.1) is 10.1 Å². The van der Waals surface area contributed by atoms with E-state index < -0.39 is 5.09 Å². The molecule has 0 aliphatic heterocycles. The minimum Gasteiger partial charge on any atom is -0.497 e. The molecule has 3 aromatic rings. The van der Waals surface area contributed by atoms with Crippen LogP contribution >= 0.6 is 11.6 Å². The molecule has 0 aliphatic carbocycles. The Bertz CT molecular complexity index is 868. The monoisotopic (exact) mass is 419 g/mol. The van der Waals surface area contributed by atoms with Gasteiger partial charge in [0.2, 0.25) is 0 Å². The first-order chi connectivity index (χ1) is 14.0. The third-order valence-electron chi connectivity index (χ3n) is 4.02. The van der Waals surface area contributed by atoms with Crippen molar-refractivity contribution in [2.45, 2.75) is 25.5 Å². The first kappa shape index (κ1) is 22.0. The lowest BCUT2D eigenvalue weighted by molar-refractivity contribution is -0.742. The van der Waals surface area contributed by atoms with Crippen molar-refractivity contribution < 1.29 is 19.8 Å². The smallest absolute Gasteiger partial charge is 0.291 e. The maximum Gasteiger partial charge on any atom is 0.291 e. The Hall–Kier alpha value is -3.26. The summed E-state index contributed by atoms with van der Waals surface area (Å²) in [4.78, 5) is 12.5. The van der Waals surface area contributed by atoms with Crippen LogP contribution in [0.3, 0.4) is 0 Å².